The number of amides is 3. The lowest BCUT2D eigenvalue weighted by atomic mass is 9.95. The van der Waals surface area contributed by atoms with Crippen LogP contribution in [0.1, 0.15) is 37.3 Å². The summed E-state index contributed by atoms with van der Waals surface area (Å²) in [4.78, 5) is 39.6. The van der Waals surface area contributed by atoms with Crippen molar-refractivity contribution in [2.45, 2.75) is 42.1 Å². The van der Waals surface area contributed by atoms with Crippen molar-refractivity contribution in [3.63, 3.8) is 0 Å². The second kappa shape index (κ2) is 7.99. The molecule has 1 aromatic heterocycles. The minimum absolute atomic E-state index is 0.0688. The standard InChI is InChI=1S/C18H20BrN7O3S/c1-18(2)13(14-22-24-25-23-14)26-16(29)12(17(26)30-18)21-15(28)11(20-10(27)8-19)9-6-4-3-5-7-9/h3-7,11-13,17H,8H2,1-2H3,(H,20,27)(H,21,28)(H,22,23,24,25). The Kier molecular flexibility index (Phi) is 5.53. The third-order valence-corrected chi connectivity index (χ3v) is 7.26. The number of alkyl halides is 1. The summed E-state index contributed by atoms with van der Waals surface area (Å²) in [5.74, 6) is -0.446. The molecule has 2 fully saturated rings. The lowest BCUT2D eigenvalue weighted by molar-refractivity contribution is -0.152. The molecule has 0 aliphatic carbocycles. The molecule has 10 nitrogen and oxygen atoms in total. The van der Waals surface area contributed by atoms with Gasteiger partial charge in [-0.1, -0.05) is 46.3 Å². The third-order valence-electron chi connectivity index (χ3n) is 5.18. The molecular weight excluding hydrogens is 474 g/mol. The van der Waals surface area contributed by atoms with Crippen LogP contribution < -0.4 is 10.6 Å². The second-order valence-electron chi connectivity index (χ2n) is 7.58. The maximum atomic E-state index is 13.0. The van der Waals surface area contributed by atoms with Crippen LogP contribution in [0, 0.1) is 0 Å². The summed E-state index contributed by atoms with van der Waals surface area (Å²) >= 11 is 4.68. The van der Waals surface area contributed by atoms with Gasteiger partial charge in [-0.2, -0.15) is 0 Å². The fraction of sp³-hybridized carbons (Fsp3) is 0.444. The predicted molar refractivity (Wildman–Crippen MR) is 112 cm³/mol. The largest absolute Gasteiger partial charge is 0.340 e. The van der Waals surface area contributed by atoms with Crippen molar-refractivity contribution in [1.29, 1.82) is 0 Å². The van der Waals surface area contributed by atoms with E-state index in [2.05, 4.69) is 47.2 Å². The van der Waals surface area contributed by atoms with Gasteiger partial charge in [0.2, 0.25) is 17.7 Å². The molecule has 2 aliphatic rings. The van der Waals surface area contributed by atoms with E-state index in [9.17, 15) is 14.4 Å². The first-order valence-electron chi connectivity index (χ1n) is 9.27. The average Bonchev–Trinajstić information content (AvgIpc) is 3.34. The van der Waals surface area contributed by atoms with Crippen molar-refractivity contribution in [3.8, 4) is 0 Å². The number of carbonyl (C=O) groups excluding carboxylic acids is 3. The van der Waals surface area contributed by atoms with Crippen LogP contribution in [0.5, 0.6) is 0 Å². The Bertz CT molecular complexity index is 956. The first-order valence-corrected chi connectivity index (χ1v) is 11.3. The number of H-pyrrole nitrogens is 1. The molecule has 2 aromatic rings. The molecule has 4 unspecified atom stereocenters. The molecule has 2 saturated heterocycles. The zero-order chi connectivity index (χ0) is 21.5. The van der Waals surface area contributed by atoms with Gasteiger partial charge in [-0.25, -0.2) is 5.10 Å². The number of hydrogen-bond acceptors (Lipinski definition) is 7. The minimum Gasteiger partial charge on any atom is -0.340 e. The Hall–Kier alpha value is -2.47. The molecule has 0 radical (unpaired) electrons. The number of aromatic amines is 1. The van der Waals surface area contributed by atoms with Crippen LogP contribution >= 0.6 is 27.7 Å². The number of thioether (sulfide) groups is 1. The Morgan fingerprint density at radius 3 is 2.70 bits per heavy atom. The normalized spacial score (nSPS) is 25.2. The fourth-order valence-electron chi connectivity index (χ4n) is 3.85. The zero-order valence-corrected chi connectivity index (χ0v) is 18.6. The van der Waals surface area contributed by atoms with Gasteiger partial charge in [0.15, 0.2) is 5.82 Å². The zero-order valence-electron chi connectivity index (χ0n) is 16.2. The number of tetrazole rings is 1. The van der Waals surface area contributed by atoms with Crippen molar-refractivity contribution in [2.75, 3.05) is 5.33 Å². The number of hydrogen-bond donors (Lipinski definition) is 3. The highest BCUT2D eigenvalue weighted by molar-refractivity contribution is 9.09. The van der Waals surface area contributed by atoms with E-state index in [0.717, 1.165) is 0 Å². The highest BCUT2D eigenvalue weighted by Gasteiger charge is 2.63. The summed E-state index contributed by atoms with van der Waals surface area (Å²) in [5.41, 5.74) is 0.637. The minimum atomic E-state index is -0.896. The van der Waals surface area contributed by atoms with Crippen molar-refractivity contribution >= 4 is 45.4 Å². The molecular formula is C18H20BrN7O3S. The first kappa shape index (κ1) is 20.8. The number of aromatic nitrogens is 4. The van der Waals surface area contributed by atoms with Gasteiger partial charge in [0.05, 0.1) is 5.33 Å². The van der Waals surface area contributed by atoms with Crippen LogP contribution in [-0.2, 0) is 14.4 Å². The number of carbonyl (C=O) groups is 3. The van der Waals surface area contributed by atoms with E-state index in [1.165, 1.54) is 0 Å². The molecule has 3 heterocycles. The molecule has 3 N–H and O–H groups in total. The Labute approximate surface area is 185 Å². The number of nitrogens with one attached hydrogen (secondary N) is 3. The van der Waals surface area contributed by atoms with Crippen LogP contribution in [0.15, 0.2) is 30.3 Å². The fourth-order valence-corrected chi connectivity index (χ4v) is 5.65. The number of β-lactam (4-membered cyclic amide) rings is 1. The number of halogens is 1. The summed E-state index contributed by atoms with van der Waals surface area (Å²) in [6.07, 6.45) is 0. The van der Waals surface area contributed by atoms with Gasteiger partial charge in [0.1, 0.15) is 23.5 Å². The van der Waals surface area contributed by atoms with Crippen molar-refractivity contribution in [3.05, 3.63) is 41.7 Å². The Balaban J connectivity index is 1.52. The summed E-state index contributed by atoms with van der Waals surface area (Å²) in [6.45, 7) is 4.02. The van der Waals surface area contributed by atoms with Gasteiger partial charge in [0.25, 0.3) is 0 Å². The topological polar surface area (TPSA) is 133 Å². The van der Waals surface area contributed by atoms with E-state index >= 15 is 0 Å². The van der Waals surface area contributed by atoms with Crippen molar-refractivity contribution in [1.82, 2.24) is 36.2 Å². The van der Waals surface area contributed by atoms with Crippen LogP contribution in [0.4, 0.5) is 0 Å². The number of fused-ring (bicyclic) bond motifs is 1. The van der Waals surface area contributed by atoms with E-state index < -0.39 is 18.0 Å². The van der Waals surface area contributed by atoms with E-state index in [-0.39, 0.29) is 33.3 Å². The SMILES string of the molecule is CC1(C)SC2C(NC(=O)C(NC(=O)CBr)c3ccccc3)C(=O)N2C1c1nnn[nH]1. The van der Waals surface area contributed by atoms with Gasteiger partial charge < -0.3 is 15.5 Å². The molecule has 0 bridgehead atoms. The molecule has 4 atom stereocenters. The number of benzene rings is 1. The molecule has 12 heteroatoms. The Morgan fingerprint density at radius 1 is 1.33 bits per heavy atom. The molecule has 30 heavy (non-hydrogen) atoms. The summed E-state index contributed by atoms with van der Waals surface area (Å²) in [7, 11) is 0. The van der Waals surface area contributed by atoms with Gasteiger partial charge in [0, 0.05) is 4.75 Å². The van der Waals surface area contributed by atoms with Crippen LogP contribution in [0.25, 0.3) is 0 Å². The maximum absolute atomic E-state index is 13.0. The van der Waals surface area contributed by atoms with Crippen LogP contribution in [-0.4, -0.2) is 64.7 Å². The predicted octanol–water partition coefficient (Wildman–Crippen LogP) is 0.672. The Morgan fingerprint density at radius 2 is 2.07 bits per heavy atom. The highest BCUT2D eigenvalue weighted by atomic mass is 79.9. The summed E-state index contributed by atoms with van der Waals surface area (Å²) in [5, 5.41) is 19.3. The molecule has 1 aromatic carbocycles. The van der Waals surface area contributed by atoms with E-state index in [1.807, 2.05) is 19.9 Å². The maximum Gasteiger partial charge on any atom is 0.249 e. The van der Waals surface area contributed by atoms with Gasteiger partial charge >= 0.3 is 0 Å². The molecule has 3 amide bonds. The summed E-state index contributed by atoms with van der Waals surface area (Å²) in [6, 6.07) is 7.02. The lowest BCUT2D eigenvalue weighted by Crippen LogP contribution is -2.68. The molecule has 2 aliphatic heterocycles. The average molecular weight is 494 g/mol. The summed E-state index contributed by atoms with van der Waals surface area (Å²) < 4.78 is -0.343. The number of rotatable bonds is 6. The van der Waals surface area contributed by atoms with Gasteiger partial charge in [-0.05, 0) is 29.8 Å². The van der Waals surface area contributed by atoms with E-state index in [1.54, 1.807) is 40.9 Å². The van der Waals surface area contributed by atoms with Crippen LogP contribution in [0.2, 0.25) is 0 Å². The monoisotopic (exact) mass is 493 g/mol. The van der Waals surface area contributed by atoms with Crippen LogP contribution in [0.3, 0.4) is 0 Å². The van der Waals surface area contributed by atoms with E-state index in [4.69, 9.17) is 0 Å². The van der Waals surface area contributed by atoms with Crippen molar-refractivity contribution < 1.29 is 14.4 Å². The molecule has 0 saturated carbocycles. The molecule has 158 valence electrons. The van der Waals surface area contributed by atoms with Gasteiger partial charge in [-0.15, -0.1) is 16.9 Å². The van der Waals surface area contributed by atoms with E-state index in [0.29, 0.717) is 11.4 Å². The highest BCUT2D eigenvalue weighted by Crippen LogP contribution is 2.56. The van der Waals surface area contributed by atoms with Crippen molar-refractivity contribution in [2.24, 2.45) is 0 Å². The second-order valence-corrected chi connectivity index (χ2v) is 9.91. The molecule has 4 rings (SSSR count). The first-order chi connectivity index (χ1) is 14.3. The third kappa shape index (κ3) is 3.58. The quantitative estimate of drug-likeness (QED) is 0.397. The lowest BCUT2D eigenvalue weighted by Gasteiger charge is -2.44. The smallest absolute Gasteiger partial charge is 0.249 e. The number of nitrogens with zero attached hydrogens (tertiary/aromatic N) is 4. The molecule has 0 spiro atoms. The van der Waals surface area contributed by atoms with Gasteiger partial charge in [-0.3, -0.25) is 14.4 Å².